The van der Waals surface area contributed by atoms with Crippen LogP contribution in [0.2, 0.25) is 0 Å². The molecule has 0 spiro atoms. The first-order valence-electron chi connectivity index (χ1n) is 5.48. The van der Waals surface area contributed by atoms with Crippen molar-refractivity contribution in [2.24, 2.45) is 0 Å². The SMILES string of the molecule is O=C(CSc1nc2ccccc2o1)c1sccc1Br. The summed E-state index contributed by atoms with van der Waals surface area (Å²) in [6, 6.07) is 9.44. The van der Waals surface area contributed by atoms with Gasteiger partial charge in [-0.25, -0.2) is 4.98 Å². The molecule has 1 aromatic carbocycles. The Labute approximate surface area is 126 Å². The first-order chi connectivity index (χ1) is 9.24. The fourth-order valence-corrected chi connectivity index (χ4v) is 3.93. The minimum absolute atomic E-state index is 0.0779. The third-order valence-corrected chi connectivity index (χ3v) is 5.18. The zero-order chi connectivity index (χ0) is 13.2. The fraction of sp³-hybridized carbons (Fsp3) is 0.0769. The van der Waals surface area contributed by atoms with Gasteiger partial charge < -0.3 is 4.42 Å². The Kier molecular flexibility index (Phi) is 3.72. The van der Waals surface area contributed by atoms with Gasteiger partial charge in [0.25, 0.3) is 5.22 Å². The van der Waals surface area contributed by atoms with Crippen molar-refractivity contribution in [3.05, 3.63) is 45.1 Å². The van der Waals surface area contributed by atoms with Crippen LogP contribution < -0.4 is 0 Å². The first-order valence-corrected chi connectivity index (χ1v) is 8.14. The zero-order valence-electron chi connectivity index (χ0n) is 9.63. The highest BCUT2D eigenvalue weighted by atomic mass is 79.9. The van der Waals surface area contributed by atoms with E-state index < -0.39 is 0 Å². The molecule has 0 aliphatic heterocycles. The number of oxazole rings is 1. The molecule has 0 aliphatic carbocycles. The van der Waals surface area contributed by atoms with Crippen LogP contribution in [0.4, 0.5) is 0 Å². The number of rotatable bonds is 4. The number of Topliss-reactive ketones (excluding diaryl/α,β-unsaturated/α-hetero) is 1. The van der Waals surface area contributed by atoms with Crippen LogP contribution in [0.3, 0.4) is 0 Å². The molecule has 0 saturated carbocycles. The Morgan fingerprint density at radius 3 is 2.95 bits per heavy atom. The second-order valence-electron chi connectivity index (χ2n) is 3.76. The van der Waals surface area contributed by atoms with Crippen LogP contribution in [0.5, 0.6) is 0 Å². The van der Waals surface area contributed by atoms with Crippen molar-refractivity contribution in [1.29, 1.82) is 0 Å². The van der Waals surface area contributed by atoms with Crippen LogP contribution in [-0.4, -0.2) is 16.5 Å². The molecule has 96 valence electrons. The van der Waals surface area contributed by atoms with E-state index in [0.29, 0.717) is 11.0 Å². The van der Waals surface area contributed by atoms with Crippen LogP contribution in [0.1, 0.15) is 9.67 Å². The number of para-hydroxylation sites is 2. The normalized spacial score (nSPS) is 11.0. The number of halogens is 1. The molecule has 0 fully saturated rings. The van der Waals surface area contributed by atoms with Crippen molar-refractivity contribution in [3.63, 3.8) is 0 Å². The smallest absolute Gasteiger partial charge is 0.257 e. The summed E-state index contributed by atoms with van der Waals surface area (Å²) in [6.45, 7) is 0. The lowest BCUT2D eigenvalue weighted by atomic mass is 10.3. The van der Waals surface area contributed by atoms with E-state index in [1.807, 2.05) is 35.7 Å². The minimum atomic E-state index is 0.0779. The fourth-order valence-electron chi connectivity index (χ4n) is 1.60. The molecule has 0 radical (unpaired) electrons. The summed E-state index contributed by atoms with van der Waals surface area (Å²) in [5, 5.41) is 2.42. The van der Waals surface area contributed by atoms with Gasteiger partial charge in [0.05, 0.1) is 10.6 Å². The van der Waals surface area contributed by atoms with E-state index >= 15 is 0 Å². The molecule has 0 N–H and O–H groups in total. The Morgan fingerprint density at radius 2 is 2.21 bits per heavy atom. The predicted octanol–water partition coefficient (Wildman–Crippen LogP) is 4.63. The van der Waals surface area contributed by atoms with E-state index in [2.05, 4.69) is 20.9 Å². The standard InChI is InChI=1S/C13H8BrNO2S2/c14-8-5-6-18-12(8)10(16)7-19-13-15-9-3-1-2-4-11(9)17-13/h1-6H,7H2. The number of hydrogen-bond donors (Lipinski definition) is 0. The van der Waals surface area contributed by atoms with Crippen molar-refractivity contribution >= 4 is 55.9 Å². The Balaban J connectivity index is 1.72. The topological polar surface area (TPSA) is 43.1 Å². The number of thiophene rings is 1. The Bertz CT molecular complexity index is 702. The second kappa shape index (κ2) is 5.48. The van der Waals surface area contributed by atoms with Crippen molar-refractivity contribution < 1.29 is 9.21 Å². The molecule has 19 heavy (non-hydrogen) atoms. The zero-order valence-corrected chi connectivity index (χ0v) is 12.8. The number of fused-ring (bicyclic) bond motifs is 1. The van der Waals surface area contributed by atoms with Crippen LogP contribution in [0.15, 0.2) is 49.8 Å². The van der Waals surface area contributed by atoms with Gasteiger partial charge in [-0.05, 0) is 39.5 Å². The molecule has 6 heteroatoms. The molecule has 2 heterocycles. The van der Waals surface area contributed by atoms with E-state index in [9.17, 15) is 4.79 Å². The van der Waals surface area contributed by atoms with Gasteiger partial charge in [-0.2, -0.15) is 0 Å². The molecule has 3 aromatic rings. The van der Waals surface area contributed by atoms with Crippen molar-refractivity contribution in [2.45, 2.75) is 5.22 Å². The summed E-state index contributed by atoms with van der Waals surface area (Å²) >= 11 is 6.12. The molecule has 2 aromatic heterocycles. The largest absolute Gasteiger partial charge is 0.431 e. The second-order valence-corrected chi connectivity index (χ2v) is 6.45. The first kappa shape index (κ1) is 12.9. The van der Waals surface area contributed by atoms with Gasteiger partial charge in [-0.3, -0.25) is 4.79 Å². The van der Waals surface area contributed by atoms with E-state index in [-0.39, 0.29) is 5.78 Å². The summed E-state index contributed by atoms with van der Waals surface area (Å²) < 4.78 is 6.41. The van der Waals surface area contributed by atoms with Crippen LogP contribution in [-0.2, 0) is 0 Å². The highest BCUT2D eigenvalue weighted by Gasteiger charge is 2.14. The number of ketones is 1. The molecule has 0 unspecified atom stereocenters. The molecule has 0 amide bonds. The summed E-state index contributed by atoms with van der Waals surface area (Å²) in [5.74, 6) is 0.403. The third kappa shape index (κ3) is 2.75. The molecule has 3 rings (SSSR count). The Morgan fingerprint density at radius 1 is 1.37 bits per heavy atom. The molecule has 3 nitrogen and oxygen atoms in total. The summed E-state index contributed by atoms with van der Waals surface area (Å²) in [6.07, 6.45) is 0. The van der Waals surface area contributed by atoms with Gasteiger partial charge in [0.2, 0.25) is 0 Å². The van der Waals surface area contributed by atoms with Gasteiger partial charge in [0, 0.05) is 4.47 Å². The molecule has 0 saturated heterocycles. The van der Waals surface area contributed by atoms with E-state index in [1.54, 1.807) is 0 Å². The number of thioether (sulfide) groups is 1. The van der Waals surface area contributed by atoms with Gasteiger partial charge in [0.1, 0.15) is 5.52 Å². The Hall–Kier alpha value is -1.11. The quantitative estimate of drug-likeness (QED) is 0.506. The van der Waals surface area contributed by atoms with E-state index in [4.69, 9.17) is 4.42 Å². The lowest BCUT2D eigenvalue weighted by molar-refractivity contribution is 0.102. The van der Waals surface area contributed by atoms with Crippen molar-refractivity contribution in [1.82, 2.24) is 4.98 Å². The average molecular weight is 354 g/mol. The lowest BCUT2D eigenvalue weighted by Crippen LogP contribution is -2.00. The van der Waals surface area contributed by atoms with Gasteiger partial charge in [0.15, 0.2) is 11.4 Å². The number of hydrogen-bond acceptors (Lipinski definition) is 5. The molecular weight excluding hydrogens is 346 g/mol. The summed E-state index contributed by atoms with van der Waals surface area (Å²) in [7, 11) is 0. The maximum Gasteiger partial charge on any atom is 0.257 e. The van der Waals surface area contributed by atoms with E-state index in [1.165, 1.54) is 23.1 Å². The monoisotopic (exact) mass is 353 g/mol. The number of aromatic nitrogens is 1. The van der Waals surface area contributed by atoms with Gasteiger partial charge in [-0.1, -0.05) is 23.9 Å². The minimum Gasteiger partial charge on any atom is -0.431 e. The third-order valence-electron chi connectivity index (χ3n) is 2.47. The highest BCUT2D eigenvalue weighted by Crippen LogP contribution is 2.27. The average Bonchev–Trinajstić information content (AvgIpc) is 3.01. The number of carbonyl (C=O) groups excluding carboxylic acids is 1. The van der Waals surface area contributed by atoms with Gasteiger partial charge >= 0.3 is 0 Å². The molecule has 0 atom stereocenters. The van der Waals surface area contributed by atoms with Crippen molar-refractivity contribution in [2.75, 3.05) is 5.75 Å². The lowest BCUT2D eigenvalue weighted by Gasteiger charge is -1.96. The van der Waals surface area contributed by atoms with Crippen LogP contribution in [0.25, 0.3) is 11.1 Å². The highest BCUT2D eigenvalue weighted by molar-refractivity contribution is 9.10. The van der Waals surface area contributed by atoms with Crippen LogP contribution in [0, 0.1) is 0 Å². The summed E-state index contributed by atoms with van der Waals surface area (Å²) in [4.78, 5) is 17.1. The maximum absolute atomic E-state index is 12.0. The summed E-state index contributed by atoms with van der Waals surface area (Å²) in [5.41, 5.74) is 1.56. The predicted molar refractivity (Wildman–Crippen MR) is 81.1 cm³/mol. The number of benzene rings is 1. The number of nitrogens with zero attached hydrogens (tertiary/aromatic N) is 1. The molecule has 0 aliphatic rings. The number of carbonyl (C=O) groups is 1. The molecular formula is C13H8BrNO2S2. The van der Waals surface area contributed by atoms with Crippen LogP contribution >= 0.6 is 39.0 Å². The van der Waals surface area contributed by atoms with E-state index in [0.717, 1.165) is 20.4 Å². The van der Waals surface area contributed by atoms with Crippen molar-refractivity contribution in [3.8, 4) is 0 Å². The van der Waals surface area contributed by atoms with Gasteiger partial charge in [-0.15, -0.1) is 11.3 Å². The maximum atomic E-state index is 12.0. The molecule has 0 bridgehead atoms.